The zero-order valence-electron chi connectivity index (χ0n) is 11.3. The van der Waals surface area contributed by atoms with E-state index in [9.17, 15) is 0 Å². The number of aromatic nitrogens is 2. The highest BCUT2D eigenvalue weighted by molar-refractivity contribution is 5.46. The molecule has 102 valence electrons. The summed E-state index contributed by atoms with van der Waals surface area (Å²) in [7, 11) is 0. The Kier molecular flexibility index (Phi) is 5.30. The predicted octanol–water partition coefficient (Wildman–Crippen LogP) is 1.28. The Morgan fingerprint density at radius 3 is 2.78 bits per heavy atom. The fourth-order valence-electron chi connectivity index (χ4n) is 1.66. The van der Waals surface area contributed by atoms with Crippen molar-refractivity contribution in [2.24, 2.45) is 11.3 Å². The lowest BCUT2D eigenvalue weighted by Gasteiger charge is -2.25. The molecule has 0 aliphatic carbocycles. The van der Waals surface area contributed by atoms with Crippen molar-refractivity contribution in [1.29, 1.82) is 0 Å². The first-order valence-corrected chi connectivity index (χ1v) is 6.13. The van der Waals surface area contributed by atoms with Crippen LogP contribution < -0.4 is 16.6 Å². The highest BCUT2D eigenvalue weighted by Crippen LogP contribution is 2.23. The second-order valence-electron chi connectivity index (χ2n) is 5.21. The highest BCUT2D eigenvalue weighted by atomic mass is 16.2. The van der Waals surface area contributed by atoms with Crippen molar-refractivity contribution in [1.82, 2.24) is 9.97 Å². The van der Waals surface area contributed by atoms with Gasteiger partial charge in [-0.1, -0.05) is 13.8 Å². The van der Waals surface area contributed by atoms with Gasteiger partial charge in [0.1, 0.15) is 5.82 Å². The Labute approximate surface area is 108 Å². The summed E-state index contributed by atoms with van der Waals surface area (Å²) in [5.74, 6) is 6.47. The molecule has 0 aliphatic heterocycles. The number of hydrogen-bond donors (Lipinski definition) is 4. The number of hydrogen-bond acceptors (Lipinski definition) is 6. The lowest BCUT2D eigenvalue weighted by molar-refractivity contribution is 0.248. The Bertz CT molecular complexity index is 381. The molecule has 0 atom stereocenters. The number of nitrogens with two attached hydrogens (primary N) is 1. The van der Waals surface area contributed by atoms with Gasteiger partial charge in [-0.05, 0) is 25.2 Å². The van der Waals surface area contributed by atoms with Gasteiger partial charge in [-0.2, -0.15) is 4.98 Å². The SMILES string of the molecule is Cc1cnc(NN)nc1NCC(C)(C)CCCO. The Morgan fingerprint density at radius 2 is 2.17 bits per heavy atom. The van der Waals surface area contributed by atoms with Crippen molar-refractivity contribution < 1.29 is 5.11 Å². The molecule has 0 radical (unpaired) electrons. The van der Waals surface area contributed by atoms with Crippen LogP contribution in [0.4, 0.5) is 11.8 Å². The van der Waals surface area contributed by atoms with Crippen molar-refractivity contribution in [3.63, 3.8) is 0 Å². The van der Waals surface area contributed by atoms with Crippen molar-refractivity contribution in [2.75, 3.05) is 23.9 Å². The summed E-state index contributed by atoms with van der Waals surface area (Å²) < 4.78 is 0. The van der Waals surface area contributed by atoms with Crippen LogP contribution in [-0.2, 0) is 0 Å². The van der Waals surface area contributed by atoms with Crippen LogP contribution in [0, 0.1) is 12.3 Å². The third kappa shape index (κ3) is 4.46. The van der Waals surface area contributed by atoms with E-state index >= 15 is 0 Å². The summed E-state index contributed by atoms with van der Waals surface area (Å²) in [6, 6.07) is 0. The molecule has 6 heteroatoms. The first-order valence-electron chi connectivity index (χ1n) is 6.13. The lowest BCUT2D eigenvalue weighted by atomic mass is 9.88. The van der Waals surface area contributed by atoms with Crippen LogP contribution in [0.2, 0.25) is 0 Å². The summed E-state index contributed by atoms with van der Waals surface area (Å²) in [6.07, 6.45) is 3.50. The fourth-order valence-corrected chi connectivity index (χ4v) is 1.66. The van der Waals surface area contributed by atoms with Crippen LogP contribution in [0.3, 0.4) is 0 Å². The third-order valence-electron chi connectivity index (χ3n) is 2.85. The van der Waals surface area contributed by atoms with E-state index in [4.69, 9.17) is 10.9 Å². The molecule has 0 spiro atoms. The zero-order chi connectivity index (χ0) is 13.6. The Balaban J connectivity index is 2.62. The van der Waals surface area contributed by atoms with Gasteiger partial charge >= 0.3 is 0 Å². The predicted molar refractivity (Wildman–Crippen MR) is 73.2 cm³/mol. The first kappa shape index (κ1) is 14.7. The maximum atomic E-state index is 8.86. The van der Waals surface area contributed by atoms with Gasteiger partial charge in [-0.15, -0.1) is 0 Å². The molecule has 0 bridgehead atoms. The number of hydrazine groups is 1. The minimum absolute atomic E-state index is 0.108. The average Bonchev–Trinajstić information content (AvgIpc) is 2.35. The van der Waals surface area contributed by atoms with Gasteiger partial charge in [0, 0.05) is 24.9 Å². The molecule has 1 rings (SSSR count). The number of aryl methyl sites for hydroxylation is 1. The maximum Gasteiger partial charge on any atom is 0.239 e. The topological polar surface area (TPSA) is 96.1 Å². The maximum absolute atomic E-state index is 8.86. The standard InChI is InChI=1S/C12H23N5O/c1-9-7-14-11(17-13)16-10(9)15-8-12(2,3)5-4-6-18/h7,18H,4-6,8,13H2,1-3H3,(H2,14,15,16,17). The van der Waals surface area contributed by atoms with Gasteiger partial charge in [-0.25, -0.2) is 10.8 Å². The smallest absolute Gasteiger partial charge is 0.239 e. The lowest BCUT2D eigenvalue weighted by Crippen LogP contribution is -2.24. The van der Waals surface area contributed by atoms with Crippen molar-refractivity contribution in [3.05, 3.63) is 11.8 Å². The first-order chi connectivity index (χ1) is 8.48. The molecular formula is C12H23N5O. The quantitative estimate of drug-likeness (QED) is 0.432. The molecule has 0 aromatic carbocycles. The Hall–Kier alpha value is -1.40. The van der Waals surface area contributed by atoms with Crippen molar-refractivity contribution >= 4 is 11.8 Å². The van der Waals surface area contributed by atoms with E-state index < -0.39 is 0 Å². The summed E-state index contributed by atoms with van der Waals surface area (Å²) in [4.78, 5) is 8.30. The molecule has 5 N–H and O–H groups in total. The average molecular weight is 253 g/mol. The van der Waals surface area contributed by atoms with Crippen LogP contribution in [0.1, 0.15) is 32.3 Å². The van der Waals surface area contributed by atoms with E-state index in [1.807, 2.05) is 6.92 Å². The molecule has 0 saturated carbocycles. The number of aliphatic hydroxyl groups excluding tert-OH is 1. The summed E-state index contributed by atoms with van der Waals surface area (Å²) >= 11 is 0. The highest BCUT2D eigenvalue weighted by Gasteiger charge is 2.17. The number of nitrogens with zero attached hydrogens (tertiary/aromatic N) is 2. The molecule has 1 heterocycles. The van der Waals surface area contributed by atoms with Crippen LogP contribution in [0.25, 0.3) is 0 Å². The van der Waals surface area contributed by atoms with E-state index in [2.05, 4.69) is 34.6 Å². The third-order valence-corrected chi connectivity index (χ3v) is 2.85. The van der Waals surface area contributed by atoms with Crippen molar-refractivity contribution in [3.8, 4) is 0 Å². The Morgan fingerprint density at radius 1 is 1.44 bits per heavy atom. The van der Waals surface area contributed by atoms with Crippen LogP contribution in [0.5, 0.6) is 0 Å². The molecule has 0 aliphatic rings. The minimum Gasteiger partial charge on any atom is -0.396 e. The number of aliphatic hydroxyl groups is 1. The van der Waals surface area contributed by atoms with Gasteiger partial charge in [0.25, 0.3) is 0 Å². The number of rotatable bonds is 7. The minimum atomic E-state index is 0.108. The molecule has 1 aromatic heterocycles. The summed E-state index contributed by atoms with van der Waals surface area (Å²) in [5.41, 5.74) is 3.52. The monoisotopic (exact) mass is 253 g/mol. The molecule has 6 nitrogen and oxygen atoms in total. The molecule has 0 saturated heterocycles. The van der Waals surface area contributed by atoms with Gasteiger partial charge in [0.15, 0.2) is 0 Å². The summed E-state index contributed by atoms with van der Waals surface area (Å²) in [6.45, 7) is 7.29. The molecule has 1 aromatic rings. The van der Waals surface area contributed by atoms with Gasteiger partial charge in [-0.3, -0.25) is 5.43 Å². The molecular weight excluding hydrogens is 230 g/mol. The van der Waals surface area contributed by atoms with E-state index in [1.54, 1.807) is 6.20 Å². The second kappa shape index (κ2) is 6.51. The van der Waals surface area contributed by atoms with E-state index in [0.29, 0.717) is 5.95 Å². The number of anilines is 2. The van der Waals surface area contributed by atoms with Gasteiger partial charge in [0.05, 0.1) is 0 Å². The van der Waals surface area contributed by atoms with Crippen LogP contribution in [-0.4, -0.2) is 28.2 Å². The van der Waals surface area contributed by atoms with Crippen LogP contribution >= 0.6 is 0 Å². The normalized spacial score (nSPS) is 11.4. The molecule has 0 amide bonds. The zero-order valence-corrected chi connectivity index (χ0v) is 11.3. The largest absolute Gasteiger partial charge is 0.396 e. The van der Waals surface area contributed by atoms with E-state index in [1.165, 1.54) is 0 Å². The number of nitrogen functional groups attached to an aromatic ring is 1. The van der Waals surface area contributed by atoms with Crippen LogP contribution in [0.15, 0.2) is 6.20 Å². The molecule has 18 heavy (non-hydrogen) atoms. The van der Waals surface area contributed by atoms with E-state index in [0.717, 1.165) is 30.8 Å². The number of nitrogens with one attached hydrogen (secondary N) is 2. The fraction of sp³-hybridized carbons (Fsp3) is 0.667. The second-order valence-corrected chi connectivity index (χ2v) is 5.21. The molecule has 0 unspecified atom stereocenters. The van der Waals surface area contributed by atoms with Gasteiger partial charge in [0.2, 0.25) is 5.95 Å². The molecule has 0 fully saturated rings. The summed E-state index contributed by atoms with van der Waals surface area (Å²) in [5, 5.41) is 12.2. The van der Waals surface area contributed by atoms with Gasteiger partial charge < -0.3 is 10.4 Å². The van der Waals surface area contributed by atoms with E-state index in [-0.39, 0.29) is 12.0 Å². The van der Waals surface area contributed by atoms with Crippen molar-refractivity contribution in [2.45, 2.75) is 33.6 Å².